The number of ether oxygens (including phenoxy) is 1. The molecule has 0 bridgehead atoms. The van der Waals surface area contributed by atoms with E-state index < -0.39 is 18.0 Å². The number of carbonyl (C=O) groups excluding carboxylic acids is 2. The first-order valence-electron chi connectivity index (χ1n) is 7.95. The summed E-state index contributed by atoms with van der Waals surface area (Å²) in [6.07, 6.45) is -1.02. The molecule has 2 rings (SSSR count). The van der Waals surface area contributed by atoms with Crippen LogP contribution in [0, 0.1) is 0 Å². The molecular weight excluding hydrogens is 397 g/mol. The number of nitrogens with one attached hydrogen (secondary N) is 1. The largest absolute Gasteiger partial charge is 0.449 e. The van der Waals surface area contributed by atoms with Crippen LogP contribution in [0.25, 0.3) is 0 Å². The number of halogens is 3. The lowest BCUT2D eigenvalue weighted by Gasteiger charge is -2.15. The second-order valence-corrected chi connectivity index (χ2v) is 7.28. The standard InChI is InChI=1S/C19H18Cl3NO3/c1-10(2)12-4-6-13(7-5-12)19(25)26-11(3)18(24)23-17-9-15(21)14(20)8-16(17)22/h4-11H,1-3H3,(H,23,24). The lowest BCUT2D eigenvalue weighted by atomic mass is 10.0. The van der Waals surface area contributed by atoms with Crippen molar-refractivity contribution in [3.8, 4) is 0 Å². The highest BCUT2D eigenvalue weighted by molar-refractivity contribution is 6.44. The molecule has 1 N–H and O–H groups in total. The van der Waals surface area contributed by atoms with Crippen LogP contribution in [-0.2, 0) is 9.53 Å². The summed E-state index contributed by atoms with van der Waals surface area (Å²) in [4.78, 5) is 24.4. The van der Waals surface area contributed by atoms with Gasteiger partial charge in [-0.25, -0.2) is 4.79 Å². The molecule has 0 aliphatic heterocycles. The zero-order chi connectivity index (χ0) is 19.4. The SMILES string of the molecule is CC(OC(=O)c1ccc(C(C)C)cc1)C(=O)Nc1cc(Cl)c(Cl)cc1Cl. The van der Waals surface area contributed by atoms with E-state index in [-0.39, 0.29) is 20.8 Å². The van der Waals surface area contributed by atoms with Gasteiger partial charge in [-0.1, -0.05) is 60.8 Å². The molecule has 0 aliphatic rings. The van der Waals surface area contributed by atoms with Gasteiger partial charge in [0.2, 0.25) is 0 Å². The number of carbonyl (C=O) groups is 2. The highest BCUT2D eigenvalue weighted by atomic mass is 35.5. The summed E-state index contributed by atoms with van der Waals surface area (Å²) in [5.41, 5.74) is 1.78. The number of rotatable bonds is 5. The van der Waals surface area contributed by atoms with Crippen molar-refractivity contribution in [1.82, 2.24) is 0 Å². The van der Waals surface area contributed by atoms with Crippen LogP contribution in [-0.4, -0.2) is 18.0 Å². The summed E-state index contributed by atoms with van der Waals surface area (Å²) >= 11 is 17.8. The van der Waals surface area contributed by atoms with Crippen LogP contribution < -0.4 is 5.32 Å². The molecule has 2 aromatic rings. The van der Waals surface area contributed by atoms with Gasteiger partial charge in [0.25, 0.3) is 5.91 Å². The molecule has 26 heavy (non-hydrogen) atoms. The van der Waals surface area contributed by atoms with Gasteiger partial charge in [-0.2, -0.15) is 0 Å². The Morgan fingerprint density at radius 2 is 1.50 bits per heavy atom. The summed E-state index contributed by atoms with van der Waals surface area (Å²) < 4.78 is 5.21. The second kappa shape index (κ2) is 8.76. The van der Waals surface area contributed by atoms with E-state index >= 15 is 0 Å². The van der Waals surface area contributed by atoms with Crippen molar-refractivity contribution < 1.29 is 14.3 Å². The predicted octanol–water partition coefficient (Wildman–Crippen LogP) is 5.95. The molecule has 0 radical (unpaired) electrons. The number of hydrogen-bond donors (Lipinski definition) is 1. The van der Waals surface area contributed by atoms with Gasteiger partial charge in [0.15, 0.2) is 6.10 Å². The lowest BCUT2D eigenvalue weighted by molar-refractivity contribution is -0.123. The number of benzene rings is 2. The summed E-state index contributed by atoms with van der Waals surface area (Å²) in [6.45, 7) is 5.60. The quantitative estimate of drug-likeness (QED) is 0.485. The molecule has 0 heterocycles. The van der Waals surface area contributed by atoms with E-state index in [2.05, 4.69) is 19.2 Å². The second-order valence-electron chi connectivity index (χ2n) is 6.06. The van der Waals surface area contributed by atoms with Crippen LogP contribution in [0.2, 0.25) is 15.1 Å². The molecule has 0 fully saturated rings. The van der Waals surface area contributed by atoms with Crippen LogP contribution in [0.5, 0.6) is 0 Å². The average molecular weight is 415 g/mol. The first-order chi connectivity index (χ1) is 12.2. The molecule has 1 amide bonds. The zero-order valence-corrected chi connectivity index (χ0v) is 16.7. The van der Waals surface area contributed by atoms with Crippen molar-refractivity contribution >= 4 is 52.4 Å². The van der Waals surface area contributed by atoms with Gasteiger partial charge < -0.3 is 10.1 Å². The molecule has 4 nitrogen and oxygen atoms in total. The van der Waals surface area contributed by atoms with Crippen LogP contribution in [0.1, 0.15) is 42.6 Å². The minimum atomic E-state index is -1.02. The van der Waals surface area contributed by atoms with Crippen LogP contribution >= 0.6 is 34.8 Å². The van der Waals surface area contributed by atoms with Crippen molar-refractivity contribution in [3.63, 3.8) is 0 Å². The van der Waals surface area contributed by atoms with Crippen molar-refractivity contribution in [2.24, 2.45) is 0 Å². The van der Waals surface area contributed by atoms with Crippen LogP contribution in [0.15, 0.2) is 36.4 Å². The maximum Gasteiger partial charge on any atom is 0.338 e. The van der Waals surface area contributed by atoms with Crippen molar-refractivity contribution in [2.45, 2.75) is 32.8 Å². The Morgan fingerprint density at radius 1 is 0.923 bits per heavy atom. The lowest BCUT2D eigenvalue weighted by Crippen LogP contribution is -2.30. The molecule has 0 aromatic heterocycles. The molecule has 0 saturated carbocycles. The molecule has 1 atom stereocenters. The van der Waals surface area contributed by atoms with Gasteiger partial charge in [0.05, 0.1) is 26.3 Å². The third kappa shape index (κ3) is 5.13. The summed E-state index contributed by atoms with van der Waals surface area (Å²) in [6, 6.07) is 9.94. The monoisotopic (exact) mass is 413 g/mol. The Labute approximate surface area is 167 Å². The summed E-state index contributed by atoms with van der Waals surface area (Å²) in [7, 11) is 0. The van der Waals surface area contributed by atoms with Gasteiger partial charge in [-0.15, -0.1) is 0 Å². The summed E-state index contributed by atoms with van der Waals surface area (Å²) in [5, 5.41) is 3.33. The maximum atomic E-state index is 12.2. The fraction of sp³-hybridized carbons (Fsp3) is 0.263. The molecule has 138 valence electrons. The normalized spacial score (nSPS) is 12.0. The van der Waals surface area contributed by atoms with E-state index in [1.165, 1.54) is 19.1 Å². The Hall–Kier alpha value is -1.75. The Morgan fingerprint density at radius 3 is 2.08 bits per heavy atom. The predicted molar refractivity (Wildman–Crippen MR) is 106 cm³/mol. The van der Waals surface area contributed by atoms with Crippen LogP contribution in [0.4, 0.5) is 5.69 Å². The van der Waals surface area contributed by atoms with Gasteiger partial charge in [-0.3, -0.25) is 4.79 Å². The smallest absolute Gasteiger partial charge is 0.338 e. The zero-order valence-electron chi connectivity index (χ0n) is 14.5. The maximum absolute atomic E-state index is 12.2. The van der Waals surface area contributed by atoms with E-state index in [0.717, 1.165) is 5.56 Å². The number of hydrogen-bond acceptors (Lipinski definition) is 3. The van der Waals surface area contributed by atoms with E-state index in [0.29, 0.717) is 11.5 Å². The molecule has 0 aliphatic carbocycles. The summed E-state index contributed by atoms with van der Waals surface area (Å²) in [5.74, 6) is -0.749. The van der Waals surface area contributed by atoms with E-state index in [9.17, 15) is 9.59 Å². The first kappa shape index (κ1) is 20.6. The minimum Gasteiger partial charge on any atom is -0.449 e. The van der Waals surface area contributed by atoms with E-state index in [1.807, 2.05) is 12.1 Å². The minimum absolute atomic E-state index is 0.232. The highest BCUT2D eigenvalue weighted by Gasteiger charge is 2.20. The topological polar surface area (TPSA) is 55.4 Å². The molecule has 0 spiro atoms. The average Bonchev–Trinajstić information content (AvgIpc) is 2.59. The third-order valence-corrected chi connectivity index (χ3v) is 4.77. The number of amides is 1. The van der Waals surface area contributed by atoms with Gasteiger partial charge >= 0.3 is 5.97 Å². The fourth-order valence-corrected chi connectivity index (χ4v) is 2.73. The Bertz CT molecular complexity index is 820. The molecule has 7 heteroatoms. The van der Waals surface area contributed by atoms with E-state index in [1.54, 1.807) is 12.1 Å². The molecule has 2 aromatic carbocycles. The van der Waals surface area contributed by atoms with Gasteiger partial charge in [0, 0.05) is 0 Å². The van der Waals surface area contributed by atoms with Crippen LogP contribution in [0.3, 0.4) is 0 Å². The van der Waals surface area contributed by atoms with Crippen molar-refractivity contribution in [1.29, 1.82) is 0 Å². The fourth-order valence-electron chi connectivity index (χ4n) is 2.14. The Kier molecular flexibility index (Phi) is 6.93. The van der Waals surface area contributed by atoms with Crippen molar-refractivity contribution in [3.05, 3.63) is 62.6 Å². The van der Waals surface area contributed by atoms with Gasteiger partial charge in [-0.05, 0) is 42.7 Å². The van der Waals surface area contributed by atoms with E-state index in [4.69, 9.17) is 39.5 Å². The van der Waals surface area contributed by atoms with Gasteiger partial charge in [0.1, 0.15) is 0 Å². The molecular formula is C19H18Cl3NO3. The highest BCUT2D eigenvalue weighted by Crippen LogP contribution is 2.32. The third-order valence-electron chi connectivity index (χ3n) is 3.73. The first-order valence-corrected chi connectivity index (χ1v) is 9.08. The molecule has 0 saturated heterocycles. The number of anilines is 1. The number of esters is 1. The van der Waals surface area contributed by atoms with Crippen molar-refractivity contribution in [2.75, 3.05) is 5.32 Å². The molecule has 1 unspecified atom stereocenters. The Balaban J connectivity index is 2.02.